The summed E-state index contributed by atoms with van der Waals surface area (Å²) >= 11 is 0. The SMILES string of the molecule is CC(C)Oc1ccc([C@H](CCCCc2ccc3c(c2)CCO3)c2ccc(F)cc2)cc1. The molecule has 1 heterocycles. The summed E-state index contributed by atoms with van der Waals surface area (Å²) in [6.45, 7) is 4.87. The fraction of sp³-hybridized carbons (Fsp3) is 0.357. The highest BCUT2D eigenvalue weighted by Gasteiger charge is 2.15. The summed E-state index contributed by atoms with van der Waals surface area (Å²) in [5, 5.41) is 0. The smallest absolute Gasteiger partial charge is 0.123 e. The van der Waals surface area contributed by atoms with Crippen LogP contribution in [0.25, 0.3) is 0 Å². The third-order valence-corrected chi connectivity index (χ3v) is 5.89. The molecule has 0 aromatic heterocycles. The van der Waals surface area contributed by atoms with Crippen LogP contribution in [0.4, 0.5) is 4.39 Å². The first-order valence-corrected chi connectivity index (χ1v) is 11.3. The molecular weight excluding hydrogens is 387 g/mol. The highest BCUT2D eigenvalue weighted by molar-refractivity contribution is 5.40. The molecule has 1 aliphatic heterocycles. The van der Waals surface area contributed by atoms with Crippen molar-refractivity contribution in [2.45, 2.75) is 58.0 Å². The van der Waals surface area contributed by atoms with Gasteiger partial charge in [-0.15, -0.1) is 0 Å². The lowest BCUT2D eigenvalue weighted by atomic mass is 9.86. The predicted molar refractivity (Wildman–Crippen MR) is 124 cm³/mol. The average molecular weight is 419 g/mol. The monoisotopic (exact) mass is 418 g/mol. The lowest BCUT2D eigenvalue weighted by molar-refractivity contribution is 0.242. The molecule has 0 bridgehead atoms. The second kappa shape index (κ2) is 10.00. The predicted octanol–water partition coefficient (Wildman–Crippen LogP) is 7.09. The van der Waals surface area contributed by atoms with Gasteiger partial charge in [-0.2, -0.15) is 0 Å². The zero-order chi connectivity index (χ0) is 21.6. The van der Waals surface area contributed by atoms with Crippen LogP contribution in [-0.2, 0) is 12.8 Å². The molecule has 1 aliphatic rings. The molecule has 0 unspecified atom stereocenters. The number of ether oxygens (including phenoxy) is 2. The van der Waals surface area contributed by atoms with Gasteiger partial charge in [-0.3, -0.25) is 0 Å². The van der Waals surface area contributed by atoms with Gasteiger partial charge >= 0.3 is 0 Å². The summed E-state index contributed by atoms with van der Waals surface area (Å²) in [6.07, 6.45) is 5.52. The fourth-order valence-electron chi connectivity index (χ4n) is 4.34. The van der Waals surface area contributed by atoms with E-state index in [1.165, 1.54) is 16.7 Å². The first-order valence-electron chi connectivity index (χ1n) is 11.3. The van der Waals surface area contributed by atoms with Crippen LogP contribution in [0.1, 0.15) is 61.3 Å². The quantitative estimate of drug-likeness (QED) is 0.345. The van der Waals surface area contributed by atoms with Crippen molar-refractivity contribution < 1.29 is 13.9 Å². The van der Waals surface area contributed by atoms with Gasteiger partial charge < -0.3 is 9.47 Å². The van der Waals surface area contributed by atoms with Gasteiger partial charge in [0.2, 0.25) is 0 Å². The third-order valence-electron chi connectivity index (χ3n) is 5.89. The van der Waals surface area contributed by atoms with Gasteiger partial charge in [-0.1, -0.05) is 42.8 Å². The molecule has 3 heteroatoms. The van der Waals surface area contributed by atoms with E-state index in [1.807, 2.05) is 38.1 Å². The molecule has 2 nitrogen and oxygen atoms in total. The van der Waals surface area contributed by atoms with E-state index in [1.54, 1.807) is 12.1 Å². The summed E-state index contributed by atoms with van der Waals surface area (Å²) in [6, 6.07) is 21.9. The second-order valence-electron chi connectivity index (χ2n) is 8.63. The first kappa shape index (κ1) is 21.4. The average Bonchev–Trinajstić information content (AvgIpc) is 3.23. The van der Waals surface area contributed by atoms with Crippen molar-refractivity contribution in [2.75, 3.05) is 6.61 Å². The second-order valence-corrected chi connectivity index (χ2v) is 8.63. The van der Waals surface area contributed by atoms with E-state index in [4.69, 9.17) is 9.47 Å². The Kier molecular flexibility index (Phi) is 6.91. The number of hydrogen-bond donors (Lipinski definition) is 0. The van der Waals surface area contributed by atoms with Gasteiger partial charge in [0, 0.05) is 12.3 Å². The van der Waals surface area contributed by atoms with Gasteiger partial charge in [0.25, 0.3) is 0 Å². The van der Waals surface area contributed by atoms with Gasteiger partial charge in [0.05, 0.1) is 12.7 Å². The van der Waals surface area contributed by atoms with Crippen molar-refractivity contribution >= 4 is 0 Å². The number of rotatable bonds is 9. The molecule has 4 rings (SSSR count). The van der Waals surface area contributed by atoms with Gasteiger partial charge in [0.15, 0.2) is 0 Å². The molecule has 0 fully saturated rings. The van der Waals surface area contributed by atoms with E-state index in [-0.39, 0.29) is 17.8 Å². The van der Waals surface area contributed by atoms with Crippen LogP contribution < -0.4 is 9.47 Å². The van der Waals surface area contributed by atoms with Crippen molar-refractivity contribution in [3.8, 4) is 11.5 Å². The maximum absolute atomic E-state index is 13.5. The molecular formula is C28H31FO2. The zero-order valence-electron chi connectivity index (χ0n) is 18.4. The summed E-state index contributed by atoms with van der Waals surface area (Å²) < 4.78 is 24.9. The maximum atomic E-state index is 13.5. The number of hydrogen-bond acceptors (Lipinski definition) is 2. The summed E-state index contributed by atoms with van der Waals surface area (Å²) in [7, 11) is 0. The minimum absolute atomic E-state index is 0.157. The normalized spacial score (nSPS) is 13.7. The van der Waals surface area contributed by atoms with Gasteiger partial charge in [0.1, 0.15) is 17.3 Å². The molecule has 0 saturated carbocycles. The minimum Gasteiger partial charge on any atom is -0.493 e. The molecule has 1 atom stereocenters. The van der Waals surface area contributed by atoms with E-state index >= 15 is 0 Å². The topological polar surface area (TPSA) is 18.5 Å². The number of halogens is 1. The Morgan fingerprint density at radius 1 is 0.903 bits per heavy atom. The van der Waals surface area contributed by atoms with Crippen molar-refractivity contribution in [2.24, 2.45) is 0 Å². The van der Waals surface area contributed by atoms with Gasteiger partial charge in [-0.05, 0) is 85.7 Å². The molecule has 0 amide bonds. The molecule has 31 heavy (non-hydrogen) atoms. The van der Waals surface area contributed by atoms with Crippen molar-refractivity contribution in [3.05, 3.63) is 94.8 Å². The van der Waals surface area contributed by atoms with Gasteiger partial charge in [-0.25, -0.2) is 4.39 Å². The molecule has 0 spiro atoms. The first-order chi connectivity index (χ1) is 15.1. The molecule has 0 aliphatic carbocycles. The Morgan fingerprint density at radius 3 is 2.32 bits per heavy atom. The number of benzene rings is 3. The number of aryl methyl sites for hydroxylation is 1. The van der Waals surface area contributed by atoms with Crippen LogP contribution in [0, 0.1) is 5.82 Å². The fourth-order valence-corrected chi connectivity index (χ4v) is 4.34. The van der Waals surface area contributed by atoms with Crippen molar-refractivity contribution in [1.29, 1.82) is 0 Å². The Bertz CT molecular complexity index is 977. The Labute approximate surface area is 185 Å². The molecule has 3 aromatic carbocycles. The zero-order valence-corrected chi connectivity index (χ0v) is 18.4. The largest absolute Gasteiger partial charge is 0.493 e. The van der Waals surface area contributed by atoms with E-state index in [9.17, 15) is 4.39 Å². The van der Waals surface area contributed by atoms with Crippen LogP contribution >= 0.6 is 0 Å². The van der Waals surface area contributed by atoms with E-state index in [0.29, 0.717) is 0 Å². The van der Waals surface area contributed by atoms with Crippen LogP contribution in [0.15, 0.2) is 66.7 Å². The van der Waals surface area contributed by atoms with Crippen LogP contribution in [-0.4, -0.2) is 12.7 Å². The molecule has 3 aromatic rings. The van der Waals surface area contributed by atoms with E-state index < -0.39 is 0 Å². The summed E-state index contributed by atoms with van der Waals surface area (Å²) in [5.41, 5.74) is 5.13. The summed E-state index contributed by atoms with van der Waals surface area (Å²) in [4.78, 5) is 0. The Hall–Kier alpha value is -2.81. The van der Waals surface area contributed by atoms with Crippen LogP contribution in [0.5, 0.6) is 11.5 Å². The molecule has 0 N–H and O–H groups in total. The molecule has 0 saturated heterocycles. The third kappa shape index (κ3) is 5.66. The Balaban J connectivity index is 1.41. The summed E-state index contributed by atoms with van der Waals surface area (Å²) in [5.74, 6) is 1.99. The van der Waals surface area contributed by atoms with E-state index in [2.05, 4.69) is 30.3 Å². The highest BCUT2D eigenvalue weighted by Crippen LogP contribution is 2.32. The molecule has 0 radical (unpaired) electrons. The lowest BCUT2D eigenvalue weighted by Gasteiger charge is -2.19. The lowest BCUT2D eigenvalue weighted by Crippen LogP contribution is -2.06. The van der Waals surface area contributed by atoms with Crippen LogP contribution in [0.3, 0.4) is 0 Å². The number of unbranched alkanes of at least 4 members (excludes halogenated alkanes) is 1. The van der Waals surface area contributed by atoms with E-state index in [0.717, 1.165) is 55.8 Å². The number of fused-ring (bicyclic) bond motifs is 1. The molecule has 162 valence electrons. The Morgan fingerprint density at radius 2 is 1.61 bits per heavy atom. The van der Waals surface area contributed by atoms with Crippen molar-refractivity contribution in [3.63, 3.8) is 0 Å². The van der Waals surface area contributed by atoms with Crippen molar-refractivity contribution in [1.82, 2.24) is 0 Å². The standard InChI is InChI=1S/C28H31FO2/c1-20(2)31-26-14-10-23(11-15-26)27(22-8-12-25(29)13-9-22)6-4-3-5-21-7-16-28-24(19-21)17-18-30-28/h7-16,19-20,27H,3-6,17-18H2,1-2H3/t27-/m1/s1. The highest BCUT2D eigenvalue weighted by atomic mass is 19.1. The minimum atomic E-state index is -0.191. The maximum Gasteiger partial charge on any atom is 0.123 e. The van der Waals surface area contributed by atoms with Crippen LogP contribution in [0.2, 0.25) is 0 Å².